The fourth-order valence-corrected chi connectivity index (χ4v) is 4.38. The molecule has 1 aliphatic heterocycles. The maximum absolute atomic E-state index is 13.2. The summed E-state index contributed by atoms with van der Waals surface area (Å²) in [6.07, 6.45) is 3.25. The van der Waals surface area contributed by atoms with Crippen LogP contribution in [0, 0.1) is 0 Å². The highest BCUT2D eigenvalue weighted by Gasteiger charge is 2.41. The van der Waals surface area contributed by atoms with Crippen LogP contribution in [0.5, 0.6) is 0 Å². The standard InChI is InChI=1S/C23H24N2O2/c1-17(26)23(18-8-4-3-5-9-18)12-14-25(15-13-23)22(27)20-16-24(2)21-11-7-6-10-19(20)21/h3-11,16H,12-15H2,1-2H3. The number of hydrogen-bond donors (Lipinski definition) is 0. The molecular formula is C23H24N2O2. The Labute approximate surface area is 159 Å². The van der Waals surface area contributed by atoms with Gasteiger partial charge in [-0.25, -0.2) is 0 Å². The minimum atomic E-state index is -0.475. The van der Waals surface area contributed by atoms with Crippen molar-refractivity contribution in [1.29, 1.82) is 0 Å². The molecule has 4 heteroatoms. The first kappa shape index (κ1) is 17.5. The smallest absolute Gasteiger partial charge is 0.256 e. The van der Waals surface area contributed by atoms with Gasteiger partial charge in [-0.15, -0.1) is 0 Å². The number of ketones is 1. The van der Waals surface area contributed by atoms with E-state index in [1.165, 1.54) is 0 Å². The zero-order valence-electron chi connectivity index (χ0n) is 15.8. The fourth-order valence-electron chi connectivity index (χ4n) is 4.38. The Balaban J connectivity index is 1.60. The average Bonchev–Trinajstić information content (AvgIpc) is 3.05. The average molecular weight is 360 g/mol. The molecule has 4 rings (SSSR count). The zero-order chi connectivity index (χ0) is 19.0. The first-order valence-corrected chi connectivity index (χ1v) is 9.43. The van der Waals surface area contributed by atoms with Gasteiger partial charge >= 0.3 is 0 Å². The number of para-hydroxylation sites is 1. The largest absolute Gasteiger partial charge is 0.350 e. The number of Topliss-reactive ketones (excluding diaryl/α,β-unsaturated/α-hetero) is 1. The van der Waals surface area contributed by atoms with Crippen molar-refractivity contribution in [3.63, 3.8) is 0 Å². The lowest BCUT2D eigenvalue weighted by Gasteiger charge is -2.40. The van der Waals surface area contributed by atoms with Crippen molar-refractivity contribution in [1.82, 2.24) is 9.47 Å². The second kappa shape index (κ2) is 6.69. The van der Waals surface area contributed by atoms with E-state index in [-0.39, 0.29) is 11.7 Å². The van der Waals surface area contributed by atoms with Crippen LogP contribution in [0.15, 0.2) is 60.8 Å². The molecule has 0 radical (unpaired) electrons. The summed E-state index contributed by atoms with van der Waals surface area (Å²) >= 11 is 0. The number of carbonyl (C=O) groups is 2. The molecule has 2 aromatic carbocycles. The molecule has 0 spiro atoms. The third kappa shape index (κ3) is 2.85. The Hall–Kier alpha value is -2.88. The molecule has 3 aromatic rings. The lowest BCUT2D eigenvalue weighted by molar-refractivity contribution is -0.124. The van der Waals surface area contributed by atoms with Crippen molar-refractivity contribution in [2.75, 3.05) is 13.1 Å². The second-order valence-electron chi connectivity index (χ2n) is 7.47. The van der Waals surface area contributed by atoms with Gasteiger partial charge in [0, 0.05) is 37.2 Å². The topological polar surface area (TPSA) is 42.3 Å². The predicted molar refractivity (Wildman–Crippen MR) is 107 cm³/mol. The van der Waals surface area contributed by atoms with E-state index in [0.717, 1.165) is 22.0 Å². The summed E-state index contributed by atoms with van der Waals surface area (Å²) in [5, 5.41) is 0.983. The molecule has 0 bridgehead atoms. The van der Waals surface area contributed by atoms with E-state index in [4.69, 9.17) is 0 Å². The van der Waals surface area contributed by atoms with Gasteiger partial charge in [-0.1, -0.05) is 48.5 Å². The number of amides is 1. The van der Waals surface area contributed by atoms with Crippen LogP contribution in [0.2, 0.25) is 0 Å². The van der Waals surface area contributed by atoms with Gasteiger partial charge in [-0.2, -0.15) is 0 Å². The fraction of sp³-hybridized carbons (Fsp3) is 0.304. The number of carbonyl (C=O) groups excluding carboxylic acids is 2. The van der Waals surface area contributed by atoms with Gasteiger partial charge in [-0.05, 0) is 31.4 Å². The van der Waals surface area contributed by atoms with E-state index in [2.05, 4.69) is 0 Å². The second-order valence-corrected chi connectivity index (χ2v) is 7.47. The van der Waals surface area contributed by atoms with Gasteiger partial charge in [0.1, 0.15) is 5.78 Å². The number of fused-ring (bicyclic) bond motifs is 1. The van der Waals surface area contributed by atoms with Crippen LogP contribution >= 0.6 is 0 Å². The maximum atomic E-state index is 13.2. The molecule has 138 valence electrons. The van der Waals surface area contributed by atoms with Crippen molar-refractivity contribution in [2.45, 2.75) is 25.2 Å². The first-order valence-electron chi connectivity index (χ1n) is 9.43. The minimum absolute atomic E-state index is 0.0528. The molecule has 0 aliphatic carbocycles. The predicted octanol–water partition coefficient (Wildman–Crippen LogP) is 3.94. The Morgan fingerprint density at radius 1 is 0.926 bits per heavy atom. The number of piperidine rings is 1. The number of aromatic nitrogens is 1. The number of hydrogen-bond acceptors (Lipinski definition) is 2. The van der Waals surface area contributed by atoms with Gasteiger partial charge in [0.25, 0.3) is 5.91 Å². The van der Waals surface area contributed by atoms with E-state index in [9.17, 15) is 9.59 Å². The zero-order valence-corrected chi connectivity index (χ0v) is 15.8. The summed E-state index contributed by atoms with van der Waals surface area (Å²) in [5.74, 6) is 0.239. The molecule has 1 saturated heterocycles. The summed E-state index contributed by atoms with van der Waals surface area (Å²) in [4.78, 5) is 27.6. The van der Waals surface area contributed by atoms with E-state index in [1.54, 1.807) is 6.92 Å². The maximum Gasteiger partial charge on any atom is 0.256 e. The number of likely N-dealkylation sites (tertiary alicyclic amines) is 1. The molecule has 27 heavy (non-hydrogen) atoms. The van der Waals surface area contributed by atoms with Crippen LogP contribution in [0.4, 0.5) is 0 Å². The Bertz CT molecular complexity index is 996. The molecule has 0 saturated carbocycles. The van der Waals surface area contributed by atoms with Crippen molar-refractivity contribution in [2.24, 2.45) is 7.05 Å². The lowest BCUT2D eigenvalue weighted by Crippen LogP contribution is -2.48. The summed E-state index contributed by atoms with van der Waals surface area (Å²) < 4.78 is 2.00. The van der Waals surface area contributed by atoms with Gasteiger partial charge in [0.05, 0.1) is 11.0 Å². The van der Waals surface area contributed by atoms with Crippen molar-refractivity contribution in [3.05, 3.63) is 71.9 Å². The molecule has 0 N–H and O–H groups in total. The van der Waals surface area contributed by atoms with Crippen LogP contribution < -0.4 is 0 Å². The van der Waals surface area contributed by atoms with Crippen LogP contribution in [0.1, 0.15) is 35.7 Å². The van der Waals surface area contributed by atoms with E-state index < -0.39 is 5.41 Å². The van der Waals surface area contributed by atoms with Crippen LogP contribution in [-0.2, 0) is 17.3 Å². The Kier molecular flexibility index (Phi) is 4.34. The molecule has 2 heterocycles. The highest BCUT2D eigenvalue weighted by molar-refractivity contribution is 6.07. The monoisotopic (exact) mass is 360 g/mol. The normalized spacial score (nSPS) is 16.4. The molecule has 0 atom stereocenters. The molecule has 1 aromatic heterocycles. The van der Waals surface area contributed by atoms with Crippen molar-refractivity contribution < 1.29 is 9.59 Å². The minimum Gasteiger partial charge on any atom is -0.350 e. The number of benzene rings is 2. The quantitative estimate of drug-likeness (QED) is 0.710. The highest BCUT2D eigenvalue weighted by Crippen LogP contribution is 2.37. The molecule has 0 unspecified atom stereocenters. The Morgan fingerprint density at radius 3 is 2.22 bits per heavy atom. The lowest BCUT2D eigenvalue weighted by atomic mass is 9.70. The SMILES string of the molecule is CC(=O)C1(c2ccccc2)CCN(C(=O)c2cn(C)c3ccccc23)CC1. The summed E-state index contributed by atoms with van der Waals surface area (Å²) in [6, 6.07) is 18.0. The highest BCUT2D eigenvalue weighted by atomic mass is 16.2. The van der Waals surface area contributed by atoms with Crippen LogP contribution in [0.3, 0.4) is 0 Å². The van der Waals surface area contributed by atoms with Crippen LogP contribution in [0.25, 0.3) is 10.9 Å². The summed E-state index contributed by atoms with van der Waals surface area (Å²) in [5.41, 5.74) is 2.38. The van der Waals surface area contributed by atoms with Gasteiger partial charge in [0.15, 0.2) is 0 Å². The molecular weight excluding hydrogens is 336 g/mol. The first-order chi connectivity index (χ1) is 13.0. The third-order valence-corrected chi connectivity index (χ3v) is 6.03. The van der Waals surface area contributed by atoms with Crippen molar-refractivity contribution in [3.8, 4) is 0 Å². The number of nitrogens with zero attached hydrogens (tertiary/aromatic N) is 2. The van der Waals surface area contributed by atoms with E-state index in [1.807, 2.05) is 77.3 Å². The molecule has 1 aliphatic rings. The summed E-state index contributed by atoms with van der Waals surface area (Å²) in [7, 11) is 1.96. The van der Waals surface area contributed by atoms with E-state index >= 15 is 0 Å². The number of rotatable bonds is 3. The molecule has 1 fully saturated rings. The van der Waals surface area contributed by atoms with E-state index in [0.29, 0.717) is 25.9 Å². The molecule has 1 amide bonds. The Morgan fingerprint density at radius 2 is 1.56 bits per heavy atom. The van der Waals surface area contributed by atoms with Gasteiger partial charge < -0.3 is 9.47 Å². The van der Waals surface area contributed by atoms with Crippen molar-refractivity contribution >= 4 is 22.6 Å². The van der Waals surface area contributed by atoms with Gasteiger partial charge in [-0.3, -0.25) is 9.59 Å². The number of aryl methyl sites for hydroxylation is 1. The third-order valence-electron chi connectivity index (χ3n) is 6.03. The van der Waals surface area contributed by atoms with Gasteiger partial charge in [0.2, 0.25) is 0 Å². The molecule has 4 nitrogen and oxygen atoms in total. The summed E-state index contributed by atoms with van der Waals surface area (Å²) in [6.45, 7) is 2.86. The van der Waals surface area contributed by atoms with Crippen LogP contribution in [-0.4, -0.2) is 34.2 Å².